The van der Waals surface area contributed by atoms with E-state index >= 15 is 0 Å². The van der Waals surface area contributed by atoms with Crippen molar-refractivity contribution >= 4 is 5.91 Å². The maximum atomic E-state index is 10.4. The van der Waals surface area contributed by atoms with Crippen molar-refractivity contribution in [2.24, 2.45) is 0 Å². The van der Waals surface area contributed by atoms with E-state index in [0.717, 1.165) is 0 Å². The zero-order chi connectivity index (χ0) is 7.11. The number of hydrogen-bond acceptors (Lipinski definition) is 2. The molecule has 0 unspecified atom stereocenters. The average molecular weight is 127 g/mol. The van der Waals surface area contributed by atoms with Gasteiger partial charge in [0.2, 0.25) is 5.91 Å². The van der Waals surface area contributed by atoms with Crippen LogP contribution in [0, 0.1) is 12.3 Å². The molecular weight excluding hydrogens is 118 g/mol. The molecular formula is C6H9NO2. The second-order valence-corrected chi connectivity index (χ2v) is 1.45. The summed E-state index contributed by atoms with van der Waals surface area (Å²) in [7, 11) is 0. The van der Waals surface area contributed by atoms with E-state index in [0.29, 0.717) is 0 Å². The highest BCUT2D eigenvalue weighted by Crippen LogP contribution is 1.73. The molecule has 0 aromatic rings. The molecule has 9 heavy (non-hydrogen) atoms. The van der Waals surface area contributed by atoms with Crippen molar-refractivity contribution in [2.75, 3.05) is 13.2 Å². The molecule has 0 saturated carbocycles. The van der Waals surface area contributed by atoms with Gasteiger partial charge in [-0.2, -0.15) is 0 Å². The lowest BCUT2D eigenvalue weighted by Gasteiger charge is -1.95. The zero-order valence-electron chi connectivity index (χ0n) is 5.05. The summed E-state index contributed by atoms with van der Waals surface area (Å²) in [5.41, 5.74) is 0. The molecule has 0 aromatic heterocycles. The third-order valence-corrected chi connectivity index (χ3v) is 0.726. The Balaban J connectivity index is 3.19. The van der Waals surface area contributed by atoms with E-state index in [1.165, 1.54) is 0 Å². The number of terminal acetylenes is 1. The van der Waals surface area contributed by atoms with Gasteiger partial charge in [0.25, 0.3) is 0 Å². The highest BCUT2D eigenvalue weighted by molar-refractivity contribution is 5.76. The van der Waals surface area contributed by atoms with E-state index < -0.39 is 0 Å². The Morgan fingerprint density at radius 1 is 1.78 bits per heavy atom. The standard InChI is InChI=1S/C6H9NO2/c1-2-4-7-6(9)3-5-8/h1,8H,3-5H2,(H,7,9). The lowest BCUT2D eigenvalue weighted by Crippen LogP contribution is -2.23. The predicted molar refractivity (Wildman–Crippen MR) is 33.5 cm³/mol. The number of nitrogens with one attached hydrogen (secondary N) is 1. The Bertz CT molecular complexity index is 126. The molecule has 3 heteroatoms. The van der Waals surface area contributed by atoms with Crippen LogP contribution in [-0.2, 0) is 4.79 Å². The smallest absolute Gasteiger partial charge is 0.223 e. The number of carbonyl (C=O) groups is 1. The normalized spacial score (nSPS) is 8.00. The molecule has 0 spiro atoms. The Morgan fingerprint density at radius 3 is 2.89 bits per heavy atom. The van der Waals surface area contributed by atoms with Crippen molar-refractivity contribution in [3.8, 4) is 12.3 Å². The van der Waals surface area contributed by atoms with Crippen LogP contribution in [0.4, 0.5) is 0 Å². The van der Waals surface area contributed by atoms with Crippen LogP contribution in [0.5, 0.6) is 0 Å². The van der Waals surface area contributed by atoms with E-state index in [4.69, 9.17) is 11.5 Å². The van der Waals surface area contributed by atoms with Gasteiger partial charge in [0, 0.05) is 6.42 Å². The molecule has 0 aliphatic rings. The highest BCUT2D eigenvalue weighted by atomic mass is 16.3. The van der Waals surface area contributed by atoms with Crippen molar-refractivity contribution in [3.05, 3.63) is 0 Å². The van der Waals surface area contributed by atoms with Crippen LogP contribution >= 0.6 is 0 Å². The van der Waals surface area contributed by atoms with Gasteiger partial charge in [-0.3, -0.25) is 4.79 Å². The van der Waals surface area contributed by atoms with Gasteiger partial charge < -0.3 is 10.4 Å². The average Bonchev–Trinajstić information content (AvgIpc) is 1.85. The maximum Gasteiger partial charge on any atom is 0.223 e. The first kappa shape index (κ1) is 7.99. The summed E-state index contributed by atoms with van der Waals surface area (Å²) in [6.07, 6.45) is 4.97. The number of carbonyl (C=O) groups excluding carboxylic acids is 1. The summed E-state index contributed by atoms with van der Waals surface area (Å²) < 4.78 is 0. The third-order valence-electron chi connectivity index (χ3n) is 0.726. The van der Waals surface area contributed by atoms with Crippen LogP contribution in [0.1, 0.15) is 6.42 Å². The summed E-state index contributed by atoms with van der Waals surface area (Å²) in [6.45, 7) is 0.106. The van der Waals surface area contributed by atoms with Gasteiger partial charge in [-0.1, -0.05) is 5.92 Å². The van der Waals surface area contributed by atoms with Gasteiger partial charge in [-0.25, -0.2) is 0 Å². The van der Waals surface area contributed by atoms with E-state index in [-0.39, 0.29) is 25.5 Å². The van der Waals surface area contributed by atoms with Gasteiger partial charge in [0.05, 0.1) is 13.2 Å². The number of hydrogen-bond donors (Lipinski definition) is 2. The monoisotopic (exact) mass is 127 g/mol. The van der Waals surface area contributed by atoms with Crippen LogP contribution in [-0.4, -0.2) is 24.2 Å². The Morgan fingerprint density at radius 2 is 2.44 bits per heavy atom. The largest absolute Gasteiger partial charge is 0.396 e. The predicted octanol–water partition coefficient (Wildman–Crippen LogP) is -0.882. The fraction of sp³-hybridized carbons (Fsp3) is 0.500. The van der Waals surface area contributed by atoms with E-state index in [2.05, 4.69) is 11.2 Å². The minimum atomic E-state index is -0.213. The molecule has 0 heterocycles. The van der Waals surface area contributed by atoms with E-state index in [9.17, 15) is 4.79 Å². The van der Waals surface area contributed by atoms with Gasteiger partial charge in [0.15, 0.2) is 0 Å². The first-order chi connectivity index (χ1) is 4.31. The van der Waals surface area contributed by atoms with E-state index in [1.807, 2.05) is 0 Å². The van der Waals surface area contributed by atoms with Crippen LogP contribution in [0.2, 0.25) is 0 Å². The van der Waals surface area contributed by atoms with Crippen LogP contribution in [0.15, 0.2) is 0 Å². The minimum Gasteiger partial charge on any atom is -0.396 e. The number of aliphatic hydroxyl groups is 1. The molecule has 0 aromatic carbocycles. The molecule has 2 N–H and O–H groups in total. The summed E-state index contributed by atoms with van der Waals surface area (Å²) in [5.74, 6) is 2.03. The number of aliphatic hydroxyl groups excluding tert-OH is 1. The SMILES string of the molecule is C#CCNC(=O)CCO. The van der Waals surface area contributed by atoms with Gasteiger partial charge in [-0.05, 0) is 0 Å². The molecule has 0 aliphatic carbocycles. The quantitative estimate of drug-likeness (QED) is 0.483. The highest BCUT2D eigenvalue weighted by Gasteiger charge is 1.94. The van der Waals surface area contributed by atoms with Crippen molar-refractivity contribution in [3.63, 3.8) is 0 Å². The molecule has 0 rings (SSSR count). The maximum absolute atomic E-state index is 10.4. The number of rotatable bonds is 3. The second-order valence-electron chi connectivity index (χ2n) is 1.45. The minimum absolute atomic E-state index is 0.127. The Kier molecular flexibility index (Phi) is 4.56. The van der Waals surface area contributed by atoms with Crippen molar-refractivity contribution < 1.29 is 9.90 Å². The fourth-order valence-electron chi connectivity index (χ4n) is 0.340. The van der Waals surface area contributed by atoms with Crippen LogP contribution in [0.25, 0.3) is 0 Å². The number of amides is 1. The summed E-state index contributed by atoms with van der Waals surface area (Å²) in [6, 6.07) is 0. The topological polar surface area (TPSA) is 49.3 Å². The lowest BCUT2D eigenvalue weighted by atomic mass is 10.4. The molecule has 0 atom stereocenters. The summed E-state index contributed by atoms with van der Waals surface area (Å²) in [4.78, 5) is 10.4. The van der Waals surface area contributed by atoms with E-state index in [1.54, 1.807) is 0 Å². The molecule has 50 valence electrons. The van der Waals surface area contributed by atoms with Crippen LogP contribution in [0.3, 0.4) is 0 Å². The second kappa shape index (κ2) is 5.13. The molecule has 0 radical (unpaired) electrons. The first-order valence-electron chi connectivity index (χ1n) is 2.62. The zero-order valence-corrected chi connectivity index (χ0v) is 5.05. The third kappa shape index (κ3) is 4.85. The Labute approximate surface area is 54.1 Å². The van der Waals surface area contributed by atoms with Gasteiger partial charge in [-0.15, -0.1) is 6.42 Å². The summed E-state index contributed by atoms with van der Waals surface area (Å²) >= 11 is 0. The molecule has 1 amide bonds. The van der Waals surface area contributed by atoms with Crippen molar-refractivity contribution in [1.29, 1.82) is 0 Å². The molecule has 0 aliphatic heterocycles. The summed E-state index contributed by atoms with van der Waals surface area (Å²) in [5, 5.41) is 10.6. The molecule has 3 nitrogen and oxygen atoms in total. The molecule has 0 saturated heterocycles. The van der Waals surface area contributed by atoms with Crippen molar-refractivity contribution in [2.45, 2.75) is 6.42 Å². The lowest BCUT2D eigenvalue weighted by molar-refractivity contribution is -0.121. The van der Waals surface area contributed by atoms with Crippen LogP contribution < -0.4 is 5.32 Å². The van der Waals surface area contributed by atoms with Gasteiger partial charge in [0.1, 0.15) is 0 Å². The van der Waals surface area contributed by atoms with Crippen molar-refractivity contribution in [1.82, 2.24) is 5.32 Å². The Hall–Kier alpha value is -1.01. The molecule has 0 fully saturated rings. The fourth-order valence-corrected chi connectivity index (χ4v) is 0.340. The van der Waals surface area contributed by atoms with Gasteiger partial charge >= 0.3 is 0 Å². The first-order valence-corrected chi connectivity index (χ1v) is 2.62. The molecule has 0 bridgehead atoms.